The first-order valence-corrected chi connectivity index (χ1v) is 10.2. The van der Waals surface area contributed by atoms with Crippen molar-refractivity contribution in [3.05, 3.63) is 42.7 Å². The minimum Gasteiger partial charge on any atom is -0.493 e. The predicted octanol–water partition coefficient (Wildman–Crippen LogP) is 2.07. The molecule has 160 valence electrons. The van der Waals surface area contributed by atoms with Gasteiger partial charge in [0.1, 0.15) is 4.90 Å². The van der Waals surface area contributed by atoms with Gasteiger partial charge in [-0.25, -0.2) is 13.1 Å². The lowest BCUT2D eigenvalue weighted by Gasteiger charge is -2.14. The van der Waals surface area contributed by atoms with Crippen LogP contribution in [-0.2, 0) is 10.0 Å². The van der Waals surface area contributed by atoms with E-state index in [2.05, 4.69) is 25.3 Å². The molecule has 0 aliphatic carbocycles. The number of ether oxygens (including phenoxy) is 2. The van der Waals surface area contributed by atoms with E-state index in [1.807, 2.05) is 13.0 Å². The molecule has 0 bridgehead atoms. The van der Waals surface area contributed by atoms with Crippen LogP contribution in [0.1, 0.15) is 6.92 Å². The quantitative estimate of drug-likeness (QED) is 0.195. The molecule has 29 heavy (non-hydrogen) atoms. The van der Waals surface area contributed by atoms with Gasteiger partial charge in [0, 0.05) is 37.2 Å². The number of guanidine groups is 1. The molecule has 11 heteroatoms. The van der Waals surface area contributed by atoms with E-state index < -0.39 is 10.0 Å². The fraction of sp³-hybridized carbons (Fsp3) is 0.333. The number of hydrogen-bond donors (Lipinski definition) is 3. The molecule has 0 saturated carbocycles. The summed E-state index contributed by atoms with van der Waals surface area (Å²) in [7, 11) is -0.462. The summed E-state index contributed by atoms with van der Waals surface area (Å²) < 4.78 is 37.4. The van der Waals surface area contributed by atoms with E-state index >= 15 is 0 Å². The second-order valence-electron chi connectivity index (χ2n) is 5.54. The fourth-order valence-corrected chi connectivity index (χ4v) is 3.28. The van der Waals surface area contributed by atoms with E-state index in [0.29, 0.717) is 24.0 Å². The highest BCUT2D eigenvalue weighted by Gasteiger charge is 2.12. The first kappa shape index (κ1) is 24.9. The lowest BCUT2D eigenvalue weighted by atomic mass is 10.3. The van der Waals surface area contributed by atoms with E-state index in [4.69, 9.17) is 9.47 Å². The standard InChI is InChI=1S/C18H25N5O4S.HI/c1-4-20-18(23-14-7-8-16(26-2)17(12-14)27-3)21-10-11-22-28(24,25)15-6-5-9-19-13-15;/h5-9,12-13,22H,4,10-11H2,1-3H3,(H2,20,21,23);1H. The molecule has 0 atom stereocenters. The van der Waals surface area contributed by atoms with Crippen LogP contribution in [0.4, 0.5) is 5.69 Å². The van der Waals surface area contributed by atoms with Crippen molar-refractivity contribution in [1.29, 1.82) is 0 Å². The number of anilines is 1. The number of nitrogens with zero attached hydrogens (tertiary/aromatic N) is 2. The molecule has 0 aliphatic rings. The molecule has 9 nitrogen and oxygen atoms in total. The maximum absolute atomic E-state index is 12.2. The number of hydrogen-bond acceptors (Lipinski definition) is 6. The third-order valence-corrected chi connectivity index (χ3v) is 5.06. The van der Waals surface area contributed by atoms with Crippen molar-refractivity contribution in [2.24, 2.45) is 4.99 Å². The lowest BCUT2D eigenvalue weighted by molar-refractivity contribution is 0.355. The molecule has 0 unspecified atom stereocenters. The van der Waals surface area contributed by atoms with Crippen molar-refractivity contribution >= 4 is 45.6 Å². The van der Waals surface area contributed by atoms with Crippen LogP contribution >= 0.6 is 24.0 Å². The molecule has 0 aliphatic heterocycles. The average molecular weight is 535 g/mol. The van der Waals surface area contributed by atoms with E-state index in [-0.39, 0.29) is 42.0 Å². The van der Waals surface area contributed by atoms with Crippen molar-refractivity contribution < 1.29 is 17.9 Å². The number of pyridine rings is 1. The predicted molar refractivity (Wildman–Crippen MR) is 124 cm³/mol. The first-order valence-electron chi connectivity index (χ1n) is 8.67. The van der Waals surface area contributed by atoms with Crippen LogP contribution in [0.15, 0.2) is 52.6 Å². The molecule has 1 aromatic carbocycles. The van der Waals surface area contributed by atoms with Gasteiger partial charge in [-0.05, 0) is 31.2 Å². The molecular formula is C18H26IN5O4S. The summed E-state index contributed by atoms with van der Waals surface area (Å²) in [5, 5.41) is 6.26. The SMILES string of the molecule is CCNC(=NCCNS(=O)(=O)c1cccnc1)Nc1ccc(OC)c(OC)c1.I. The number of aromatic nitrogens is 1. The van der Waals surface area contributed by atoms with E-state index in [1.54, 1.807) is 32.4 Å². The summed E-state index contributed by atoms with van der Waals surface area (Å²) in [6.07, 6.45) is 2.82. The van der Waals surface area contributed by atoms with Gasteiger partial charge in [-0.2, -0.15) is 0 Å². The molecule has 3 N–H and O–H groups in total. The zero-order valence-corrected chi connectivity index (χ0v) is 19.7. The lowest BCUT2D eigenvalue weighted by Crippen LogP contribution is -2.32. The van der Waals surface area contributed by atoms with Gasteiger partial charge in [-0.3, -0.25) is 9.98 Å². The summed E-state index contributed by atoms with van der Waals surface area (Å²) in [5.74, 6) is 1.74. The molecule has 2 aromatic rings. The number of rotatable bonds is 9. The van der Waals surface area contributed by atoms with Crippen LogP contribution < -0.4 is 24.8 Å². The van der Waals surface area contributed by atoms with E-state index in [0.717, 1.165) is 5.69 Å². The number of nitrogens with one attached hydrogen (secondary N) is 3. The molecule has 0 radical (unpaired) electrons. The molecule has 0 amide bonds. The number of aliphatic imine (C=N–C) groups is 1. The van der Waals surface area contributed by atoms with Gasteiger partial charge in [0.2, 0.25) is 10.0 Å². The van der Waals surface area contributed by atoms with Crippen molar-refractivity contribution in [2.75, 3.05) is 39.2 Å². The number of halogens is 1. The molecule has 1 heterocycles. The van der Waals surface area contributed by atoms with Gasteiger partial charge in [-0.15, -0.1) is 24.0 Å². The minimum absolute atomic E-state index is 0. The summed E-state index contributed by atoms with van der Waals surface area (Å²) in [5.41, 5.74) is 0.758. The zero-order chi connectivity index (χ0) is 20.4. The summed E-state index contributed by atoms with van der Waals surface area (Å²) in [6, 6.07) is 8.47. The molecule has 2 rings (SSSR count). The third-order valence-electron chi connectivity index (χ3n) is 3.61. The van der Waals surface area contributed by atoms with Gasteiger partial charge in [-0.1, -0.05) is 0 Å². The molecule has 0 saturated heterocycles. The highest BCUT2D eigenvalue weighted by Crippen LogP contribution is 2.29. The monoisotopic (exact) mass is 535 g/mol. The Labute approximate surface area is 188 Å². The molecule has 1 aromatic heterocycles. The normalized spacial score (nSPS) is 11.3. The Balaban J connectivity index is 0.00000420. The van der Waals surface area contributed by atoms with Crippen LogP contribution in [0.2, 0.25) is 0 Å². The number of benzene rings is 1. The van der Waals surface area contributed by atoms with Crippen molar-refractivity contribution in [3.8, 4) is 11.5 Å². The molecule has 0 spiro atoms. The highest BCUT2D eigenvalue weighted by atomic mass is 127. The highest BCUT2D eigenvalue weighted by molar-refractivity contribution is 14.0. The van der Waals surface area contributed by atoms with Gasteiger partial charge in [0.05, 0.1) is 20.8 Å². The van der Waals surface area contributed by atoms with Gasteiger partial charge in [0.25, 0.3) is 0 Å². The van der Waals surface area contributed by atoms with Crippen molar-refractivity contribution in [3.63, 3.8) is 0 Å². The van der Waals surface area contributed by atoms with Crippen LogP contribution in [0, 0.1) is 0 Å². The van der Waals surface area contributed by atoms with Crippen molar-refractivity contribution in [1.82, 2.24) is 15.0 Å². The Kier molecular flexibility index (Phi) is 10.7. The summed E-state index contributed by atoms with van der Waals surface area (Å²) >= 11 is 0. The maximum Gasteiger partial charge on any atom is 0.242 e. The topological polar surface area (TPSA) is 114 Å². The Morgan fingerprint density at radius 3 is 2.55 bits per heavy atom. The first-order chi connectivity index (χ1) is 13.5. The number of sulfonamides is 1. The Bertz CT molecular complexity index is 894. The van der Waals surface area contributed by atoms with Gasteiger partial charge < -0.3 is 20.1 Å². The Morgan fingerprint density at radius 1 is 1.17 bits per heavy atom. The maximum atomic E-state index is 12.2. The van der Waals surface area contributed by atoms with Crippen LogP contribution in [0.5, 0.6) is 11.5 Å². The van der Waals surface area contributed by atoms with Crippen LogP contribution in [0.25, 0.3) is 0 Å². The van der Waals surface area contributed by atoms with Crippen molar-refractivity contribution in [2.45, 2.75) is 11.8 Å². The van der Waals surface area contributed by atoms with Crippen LogP contribution in [-0.4, -0.2) is 53.2 Å². The second kappa shape index (κ2) is 12.4. The average Bonchev–Trinajstić information content (AvgIpc) is 2.71. The summed E-state index contributed by atoms with van der Waals surface area (Å²) in [4.78, 5) is 8.32. The van der Waals surface area contributed by atoms with Crippen LogP contribution in [0.3, 0.4) is 0 Å². The molecular weight excluding hydrogens is 509 g/mol. The van der Waals surface area contributed by atoms with E-state index in [1.165, 1.54) is 18.5 Å². The zero-order valence-electron chi connectivity index (χ0n) is 16.5. The van der Waals surface area contributed by atoms with E-state index in [9.17, 15) is 8.42 Å². The Hall–Kier alpha value is -2.12. The Morgan fingerprint density at radius 2 is 1.93 bits per heavy atom. The molecule has 0 fully saturated rings. The van der Waals surface area contributed by atoms with Gasteiger partial charge >= 0.3 is 0 Å². The smallest absolute Gasteiger partial charge is 0.242 e. The fourth-order valence-electron chi connectivity index (χ4n) is 2.29. The summed E-state index contributed by atoms with van der Waals surface area (Å²) in [6.45, 7) is 3.00. The van der Waals surface area contributed by atoms with Gasteiger partial charge in [0.15, 0.2) is 17.5 Å². The minimum atomic E-state index is -3.60. The third kappa shape index (κ3) is 7.66. The number of methoxy groups -OCH3 is 2. The second-order valence-corrected chi connectivity index (χ2v) is 7.31. The largest absolute Gasteiger partial charge is 0.493 e.